The molecule has 2 rings (SSSR count). The molecule has 0 unspecified atom stereocenters. The van der Waals surface area contributed by atoms with Crippen LogP contribution in [-0.4, -0.2) is 17.7 Å². The molecule has 2 aromatic carbocycles. The van der Waals surface area contributed by atoms with Crippen molar-refractivity contribution < 1.29 is 14.6 Å². The molecule has 0 bridgehead atoms. The monoisotopic (exact) mass is 296 g/mol. The summed E-state index contributed by atoms with van der Waals surface area (Å²) in [5, 5.41) is 8.97. The minimum Gasteiger partial charge on any atom is -0.458 e. The van der Waals surface area contributed by atoms with E-state index in [2.05, 4.69) is 6.58 Å². The van der Waals surface area contributed by atoms with E-state index < -0.39 is 5.97 Å². The fourth-order valence-electron chi connectivity index (χ4n) is 2.31. The highest BCUT2D eigenvalue weighted by Crippen LogP contribution is 2.26. The molecule has 0 spiro atoms. The summed E-state index contributed by atoms with van der Waals surface area (Å²) in [7, 11) is 0. The van der Waals surface area contributed by atoms with Crippen molar-refractivity contribution in [2.45, 2.75) is 20.0 Å². The van der Waals surface area contributed by atoms with Crippen LogP contribution in [0.4, 0.5) is 0 Å². The normalized spacial score (nSPS) is 10.3. The third kappa shape index (κ3) is 4.06. The molecule has 0 aromatic heterocycles. The van der Waals surface area contributed by atoms with Crippen LogP contribution in [0.15, 0.2) is 55.1 Å². The maximum absolute atomic E-state index is 11.3. The number of aliphatic hydroxyl groups is 1. The van der Waals surface area contributed by atoms with Crippen molar-refractivity contribution in [3.05, 3.63) is 71.8 Å². The number of hydrogen-bond donors (Lipinski definition) is 1. The first-order valence-corrected chi connectivity index (χ1v) is 7.23. The largest absolute Gasteiger partial charge is 0.458 e. The zero-order valence-corrected chi connectivity index (χ0v) is 12.7. The smallest absolute Gasteiger partial charge is 0.330 e. The van der Waals surface area contributed by atoms with Gasteiger partial charge in [-0.15, -0.1) is 0 Å². The molecule has 0 aliphatic carbocycles. The van der Waals surface area contributed by atoms with Gasteiger partial charge in [-0.1, -0.05) is 54.6 Å². The lowest BCUT2D eigenvalue weighted by Gasteiger charge is -2.12. The van der Waals surface area contributed by atoms with Crippen molar-refractivity contribution in [1.82, 2.24) is 0 Å². The molecule has 22 heavy (non-hydrogen) atoms. The Morgan fingerprint density at radius 1 is 1.23 bits per heavy atom. The molecule has 0 heterocycles. The molecule has 3 heteroatoms. The number of aliphatic hydroxyl groups excluding tert-OH is 1. The summed E-state index contributed by atoms with van der Waals surface area (Å²) in [4.78, 5) is 11.3. The van der Waals surface area contributed by atoms with Crippen molar-refractivity contribution >= 4 is 5.97 Å². The summed E-state index contributed by atoms with van der Waals surface area (Å²) in [6.07, 6.45) is 1.82. The highest BCUT2D eigenvalue weighted by molar-refractivity contribution is 5.81. The van der Waals surface area contributed by atoms with E-state index >= 15 is 0 Å². The van der Waals surface area contributed by atoms with Crippen LogP contribution in [0, 0.1) is 6.92 Å². The van der Waals surface area contributed by atoms with E-state index in [4.69, 9.17) is 9.84 Å². The van der Waals surface area contributed by atoms with Gasteiger partial charge in [-0.05, 0) is 35.6 Å². The Morgan fingerprint density at radius 2 is 1.95 bits per heavy atom. The summed E-state index contributed by atoms with van der Waals surface area (Å²) >= 11 is 0. The molecule has 0 saturated carbocycles. The highest BCUT2D eigenvalue weighted by atomic mass is 16.5. The van der Waals surface area contributed by atoms with Crippen molar-refractivity contribution in [2.24, 2.45) is 0 Å². The van der Waals surface area contributed by atoms with Crippen LogP contribution in [0.1, 0.15) is 16.7 Å². The Labute approximate surface area is 130 Å². The third-order valence-electron chi connectivity index (χ3n) is 3.46. The predicted octanol–water partition coefficient (Wildman–Crippen LogP) is 3.43. The van der Waals surface area contributed by atoms with Gasteiger partial charge >= 0.3 is 5.97 Å². The van der Waals surface area contributed by atoms with E-state index in [9.17, 15) is 4.79 Å². The number of esters is 1. The van der Waals surface area contributed by atoms with Crippen LogP contribution in [0.3, 0.4) is 0 Å². The fraction of sp³-hybridized carbons (Fsp3) is 0.211. The first-order valence-electron chi connectivity index (χ1n) is 7.23. The van der Waals surface area contributed by atoms with Gasteiger partial charge < -0.3 is 9.84 Å². The molecule has 0 atom stereocenters. The van der Waals surface area contributed by atoms with Gasteiger partial charge in [-0.2, -0.15) is 0 Å². The SMILES string of the molecule is C=CC(=O)OCc1cc(C)ccc1-c1ccc(CCO)cc1. The number of carbonyl (C=O) groups is 1. The van der Waals surface area contributed by atoms with E-state index in [1.807, 2.05) is 49.4 Å². The summed E-state index contributed by atoms with van der Waals surface area (Å²) in [5.41, 5.74) is 5.28. The number of ether oxygens (including phenoxy) is 1. The van der Waals surface area contributed by atoms with Crippen molar-refractivity contribution in [2.75, 3.05) is 6.61 Å². The average molecular weight is 296 g/mol. The van der Waals surface area contributed by atoms with Gasteiger partial charge in [0, 0.05) is 12.7 Å². The van der Waals surface area contributed by atoms with E-state index in [1.165, 1.54) is 6.08 Å². The molecular weight excluding hydrogens is 276 g/mol. The Kier molecular flexibility index (Phi) is 5.50. The van der Waals surface area contributed by atoms with Crippen molar-refractivity contribution in [3.8, 4) is 11.1 Å². The van der Waals surface area contributed by atoms with E-state index in [-0.39, 0.29) is 13.2 Å². The lowest BCUT2D eigenvalue weighted by atomic mass is 9.97. The summed E-state index contributed by atoms with van der Waals surface area (Å²) in [6, 6.07) is 14.1. The van der Waals surface area contributed by atoms with Crippen LogP contribution in [0.5, 0.6) is 0 Å². The van der Waals surface area contributed by atoms with Gasteiger partial charge in [0.15, 0.2) is 0 Å². The fourth-order valence-corrected chi connectivity index (χ4v) is 2.31. The molecule has 3 nitrogen and oxygen atoms in total. The lowest BCUT2D eigenvalue weighted by molar-refractivity contribution is -0.138. The number of rotatable bonds is 6. The lowest BCUT2D eigenvalue weighted by Crippen LogP contribution is -2.02. The van der Waals surface area contributed by atoms with Crippen molar-refractivity contribution in [3.63, 3.8) is 0 Å². The van der Waals surface area contributed by atoms with E-state index in [0.717, 1.165) is 27.8 Å². The second-order valence-corrected chi connectivity index (χ2v) is 5.14. The Bertz CT molecular complexity index is 657. The Balaban J connectivity index is 2.29. The summed E-state index contributed by atoms with van der Waals surface area (Å²) in [6.45, 7) is 5.78. The summed E-state index contributed by atoms with van der Waals surface area (Å²) in [5.74, 6) is -0.425. The van der Waals surface area contributed by atoms with E-state index in [0.29, 0.717) is 6.42 Å². The molecule has 0 radical (unpaired) electrons. The number of aryl methyl sites for hydroxylation is 1. The van der Waals surface area contributed by atoms with Gasteiger partial charge in [0.2, 0.25) is 0 Å². The van der Waals surface area contributed by atoms with Crippen LogP contribution < -0.4 is 0 Å². The molecule has 0 saturated heterocycles. The van der Waals surface area contributed by atoms with Crippen LogP contribution in [0.2, 0.25) is 0 Å². The number of hydrogen-bond acceptors (Lipinski definition) is 3. The molecule has 0 aliphatic heterocycles. The van der Waals surface area contributed by atoms with Crippen molar-refractivity contribution in [1.29, 1.82) is 0 Å². The molecule has 2 aromatic rings. The first kappa shape index (κ1) is 16.0. The molecule has 0 amide bonds. The molecular formula is C19H20O3. The predicted molar refractivity (Wildman–Crippen MR) is 87.4 cm³/mol. The first-order chi connectivity index (χ1) is 10.6. The van der Waals surface area contributed by atoms with Crippen LogP contribution >= 0.6 is 0 Å². The number of carbonyl (C=O) groups excluding carboxylic acids is 1. The third-order valence-corrected chi connectivity index (χ3v) is 3.46. The van der Waals surface area contributed by atoms with Crippen LogP contribution in [0.25, 0.3) is 11.1 Å². The quantitative estimate of drug-likeness (QED) is 0.656. The van der Waals surface area contributed by atoms with Gasteiger partial charge in [0.05, 0.1) is 0 Å². The summed E-state index contributed by atoms with van der Waals surface area (Å²) < 4.78 is 5.17. The maximum atomic E-state index is 11.3. The zero-order chi connectivity index (χ0) is 15.9. The molecule has 1 N–H and O–H groups in total. The average Bonchev–Trinajstić information content (AvgIpc) is 2.54. The van der Waals surface area contributed by atoms with Gasteiger partial charge in [0.25, 0.3) is 0 Å². The second kappa shape index (κ2) is 7.57. The maximum Gasteiger partial charge on any atom is 0.330 e. The minimum atomic E-state index is -0.425. The van der Waals surface area contributed by atoms with Gasteiger partial charge in [-0.3, -0.25) is 0 Å². The number of benzene rings is 2. The van der Waals surface area contributed by atoms with Gasteiger partial charge in [-0.25, -0.2) is 4.79 Å². The van der Waals surface area contributed by atoms with Crippen LogP contribution in [-0.2, 0) is 22.6 Å². The molecule has 114 valence electrons. The second-order valence-electron chi connectivity index (χ2n) is 5.14. The van der Waals surface area contributed by atoms with Gasteiger partial charge in [0.1, 0.15) is 6.61 Å². The topological polar surface area (TPSA) is 46.5 Å². The molecule has 0 fully saturated rings. The minimum absolute atomic E-state index is 0.145. The molecule has 0 aliphatic rings. The zero-order valence-electron chi connectivity index (χ0n) is 12.7. The van der Waals surface area contributed by atoms with E-state index in [1.54, 1.807) is 0 Å². The Hall–Kier alpha value is -2.39. The standard InChI is InChI=1S/C19H20O3/c1-3-19(21)22-13-17-12-14(2)4-9-18(17)16-7-5-15(6-8-16)10-11-20/h3-9,12,20H,1,10-11,13H2,2H3. The highest BCUT2D eigenvalue weighted by Gasteiger charge is 2.08. The Morgan fingerprint density at radius 3 is 2.59 bits per heavy atom.